The molecule has 0 amide bonds. The van der Waals surface area contributed by atoms with Gasteiger partial charge in [0.25, 0.3) is 0 Å². The van der Waals surface area contributed by atoms with E-state index in [9.17, 15) is 0 Å². The van der Waals surface area contributed by atoms with Gasteiger partial charge in [0.15, 0.2) is 0 Å². The van der Waals surface area contributed by atoms with Crippen molar-refractivity contribution in [1.82, 2.24) is 0 Å². The highest BCUT2D eigenvalue weighted by atomic mass is 32.1. The van der Waals surface area contributed by atoms with Crippen molar-refractivity contribution in [3.63, 3.8) is 0 Å². The highest BCUT2D eigenvalue weighted by Crippen LogP contribution is 2.35. The Morgan fingerprint density at radius 2 is 2.22 bits per heavy atom. The molecule has 3 aliphatic rings. The van der Waals surface area contributed by atoms with Gasteiger partial charge in [-0.05, 0) is 11.6 Å². The second kappa shape index (κ2) is 1.05. The summed E-state index contributed by atoms with van der Waals surface area (Å²) in [6.07, 6.45) is 0. The third-order valence-electron chi connectivity index (χ3n) is 1.78. The molecule has 0 saturated heterocycles. The molecule has 0 saturated carbocycles. The minimum atomic E-state index is 1.42. The van der Waals surface area contributed by atoms with Crippen molar-refractivity contribution in [1.29, 1.82) is 0 Å². The molecule has 0 spiro atoms. The standard InChI is InChI=1S/C8H4S/c1-2-5-4-7-8(9-7)6(5)3-1/h1-4H. The van der Waals surface area contributed by atoms with Gasteiger partial charge in [0.2, 0.25) is 0 Å². The van der Waals surface area contributed by atoms with Crippen molar-refractivity contribution in [3.05, 3.63) is 33.3 Å². The lowest BCUT2D eigenvalue weighted by molar-refractivity contribution is 1.92. The van der Waals surface area contributed by atoms with Crippen LogP contribution in [0.2, 0.25) is 0 Å². The maximum absolute atomic E-state index is 2.26. The normalized spacial score (nSPS) is 12.4. The quantitative estimate of drug-likeness (QED) is 0.440. The molecule has 42 valence electrons. The van der Waals surface area contributed by atoms with E-state index in [4.69, 9.17) is 0 Å². The molecule has 0 aromatic carbocycles. The van der Waals surface area contributed by atoms with Gasteiger partial charge in [0.1, 0.15) is 0 Å². The highest BCUT2D eigenvalue weighted by molar-refractivity contribution is 7.14. The summed E-state index contributed by atoms with van der Waals surface area (Å²) in [6, 6.07) is 8.73. The average Bonchev–Trinajstić information content (AvgIpc) is 2.38. The summed E-state index contributed by atoms with van der Waals surface area (Å²) >= 11 is 1.90. The fourth-order valence-electron chi connectivity index (χ4n) is 1.28. The van der Waals surface area contributed by atoms with Gasteiger partial charge in [-0.3, -0.25) is 0 Å². The molecule has 0 aromatic rings. The molecule has 0 fully saturated rings. The van der Waals surface area contributed by atoms with Crippen LogP contribution in [0.4, 0.5) is 0 Å². The Morgan fingerprint density at radius 3 is 3.11 bits per heavy atom. The summed E-state index contributed by atoms with van der Waals surface area (Å²) in [5.74, 6) is 0. The maximum Gasteiger partial charge on any atom is 0.0527 e. The lowest BCUT2D eigenvalue weighted by atomic mass is 10.3. The van der Waals surface area contributed by atoms with E-state index in [0.29, 0.717) is 0 Å². The van der Waals surface area contributed by atoms with E-state index in [2.05, 4.69) is 24.3 Å². The predicted molar refractivity (Wildman–Crippen MR) is 38.6 cm³/mol. The van der Waals surface area contributed by atoms with Crippen molar-refractivity contribution in [2.24, 2.45) is 0 Å². The number of rotatable bonds is 0. The van der Waals surface area contributed by atoms with Crippen LogP contribution >= 0.6 is 11.3 Å². The van der Waals surface area contributed by atoms with Crippen molar-refractivity contribution in [2.45, 2.75) is 0 Å². The molecule has 9 heavy (non-hydrogen) atoms. The molecule has 1 heterocycles. The number of fused-ring (bicyclic) bond motifs is 2. The van der Waals surface area contributed by atoms with E-state index >= 15 is 0 Å². The van der Waals surface area contributed by atoms with Gasteiger partial charge in [0.05, 0.1) is 4.53 Å². The number of hydrogen-bond donors (Lipinski definition) is 0. The summed E-state index contributed by atoms with van der Waals surface area (Å²) < 4.78 is 3.00. The van der Waals surface area contributed by atoms with E-state index in [1.807, 2.05) is 11.3 Å². The molecule has 0 N–H and O–H groups in total. The molecule has 1 aliphatic heterocycles. The Balaban J connectivity index is 2.72. The number of hydrogen-bond acceptors (Lipinski definition) is 1. The van der Waals surface area contributed by atoms with Gasteiger partial charge in [-0.2, -0.15) is 0 Å². The van der Waals surface area contributed by atoms with E-state index < -0.39 is 0 Å². The molecular formula is C8H4S. The Labute approximate surface area is 56.4 Å². The first-order valence-electron chi connectivity index (χ1n) is 2.98. The zero-order chi connectivity index (χ0) is 5.84. The lowest BCUT2D eigenvalue weighted by Crippen LogP contribution is -1.57. The Kier molecular flexibility index (Phi) is 0.474. The van der Waals surface area contributed by atoms with Crippen LogP contribution < -0.4 is 0 Å². The molecule has 0 bridgehead atoms. The van der Waals surface area contributed by atoms with E-state index in [1.165, 1.54) is 20.2 Å². The summed E-state index contributed by atoms with van der Waals surface area (Å²) in [5.41, 5.74) is 2.87. The second-order valence-corrected chi connectivity index (χ2v) is 3.39. The highest BCUT2D eigenvalue weighted by Gasteiger charge is 2.12. The van der Waals surface area contributed by atoms with Crippen molar-refractivity contribution in [3.8, 4) is 11.1 Å². The largest absolute Gasteiger partial charge is 0.133 e. The van der Waals surface area contributed by atoms with Crippen LogP contribution in [-0.2, 0) is 0 Å². The molecule has 0 unspecified atom stereocenters. The maximum atomic E-state index is 2.26. The molecule has 0 atom stereocenters. The van der Waals surface area contributed by atoms with Crippen LogP contribution in [0.15, 0.2) is 24.3 Å². The lowest BCUT2D eigenvalue weighted by Gasteiger charge is -1.82. The zero-order valence-corrected chi connectivity index (χ0v) is 5.53. The Hall–Kier alpha value is -0.820. The molecule has 0 aromatic heterocycles. The third-order valence-corrected chi connectivity index (χ3v) is 2.76. The van der Waals surface area contributed by atoms with Crippen LogP contribution in [0, 0.1) is 9.06 Å². The van der Waals surface area contributed by atoms with E-state index in [-0.39, 0.29) is 0 Å². The SMILES string of the molecule is c1cc2cc3sc=3c-2c1. The molecule has 2 aliphatic carbocycles. The molecule has 0 radical (unpaired) electrons. The van der Waals surface area contributed by atoms with Crippen LogP contribution in [0.3, 0.4) is 0 Å². The monoisotopic (exact) mass is 132 g/mol. The average molecular weight is 132 g/mol. The summed E-state index contributed by atoms with van der Waals surface area (Å²) in [5, 5.41) is 0. The fourth-order valence-corrected chi connectivity index (χ4v) is 2.09. The van der Waals surface area contributed by atoms with Gasteiger partial charge in [-0.15, -0.1) is 11.3 Å². The van der Waals surface area contributed by atoms with E-state index in [0.717, 1.165) is 0 Å². The minimum absolute atomic E-state index is 1.42. The first-order valence-corrected chi connectivity index (χ1v) is 3.80. The Morgan fingerprint density at radius 1 is 1.22 bits per heavy atom. The first kappa shape index (κ1) is 4.07. The van der Waals surface area contributed by atoms with E-state index in [1.54, 1.807) is 0 Å². The summed E-state index contributed by atoms with van der Waals surface area (Å²) in [4.78, 5) is 0. The van der Waals surface area contributed by atoms with Crippen molar-refractivity contribution >= 4 is 11.3 Å². The molecule has 0 nitrogen and oxygen atoms in total. The van der Waals surface area contributed by atoms with Gasteiger partial charge in [-0.25, -0.2) is 0 Å². The first-order chi connectivity index (χ1) is 4.45. The third kappa shape index (κ3) is 0.359. The van der Waals surface area contributed by atoms with Crippen LogP contribution in [0.25, 0.3) is 11.1 Å². The van der Waals surface area contributed by atoms with Gasteiger partial charge in [-0.1, -0.05) is 18.2 Å². The fraction of sp³-hybridized carbons (Fsp3) is 0. The molecule has 1 heteroatoms. The van der Waals surface area contributed by atoms with Crippen LogP contribution in [0.1, 0.15) is 0 Å². The summed E-state index contributed by atoms with van der Waals surface area (Å²) in [6.45, 7) is 0. The second-order valence-electron chi connectivity index (χ2n) is 2.33. The Bertz CT molecular complexity index is 425. The van der Waals surface area contributed by atoms with Gasteiger partial charge in [0, 0.05) is 10.1 Å². The van der Waals surface area contributed by atoms with Crippen LogP contribution in [-0.4, -0.2) is 0 Å². The van der Waals surface area contributed by atoms with Crippen LogP contribution in [0.5, 0.6) is 0 Å². The van der Waals surface area contributed by atoms with Gasteiger partial charge < -0.3 is 0 Å². The topological polar surface area (TPSA) is 0 Å². The van der Waals surface area contributed by atoms with Gasteiger partial charge >= 0.3 is 0 Å². The van der Waals surface area contributed by atoms with Crippen molar-refractivity contribution in [2.75, 3.05) is 0 Å². The molecule has 3 rings (SSSR count). The summed E-state index contributed by atoms with van der Waals surface area (Å²) in [7, 11) is 0. The molecular weight excluding hydrogens is 128 g/mol. The zero-order valence-electron chi connectivity index (χ0n) is 4.72. The van der Waals surface area contributed by atoms with Crippen molar-refractivity contribution < 1.29 is 0 Å². The minimum Gasteiger partial charge on any atom is -0.133 e. The smallest absolute Gasteiger partial charge is 0.0527 e. The predicted octanol–water partition coefficient (Wildman–Crippen LogP) is 2.45.